The molecule has 3 rings (SSSR count). The highest BCUT2D eigenvalue weighted by atomic mass is 79.9. The number of amides is 1. The van der Waals surface area contributed by atoms with Crippen LogP contribution in [-0.4, -0.2) is 22.2 Å². The van der Waals surface area contributed by atoms with Gasteiger partial charge in [-0.3, -0.25) is 14.9 Å². The SMILES string of the molecule is C[C@]12CCCC[C@@H]1[C@H]2C(=O)N/N=C\c1cc(Br)cc([N+](=O)[O-])c1O. The number of fused-ring (bicyclic) bond motifs is 1. The molecule has 128 valence electrons. The predicted molar refractivity (Wildman–Crippen MR) is 91.8 cm³/mol. The van der Waals surface area contributed by atoms with E-state index in [0.29, 0.717) is 10.4 Å². The number of nitro groups is 1. The second-order valence-corrected chi connectivity index (χ2v) is 7.61. The van der Waals surface area contributed by atoms with E-state index in [1.54, 1.807) is 0 Å². The van der Waals surface area contributed by atoms with Gasteiger partial charge in [0.05, 0.1) is 11.1 Å². The molecule has 1 amide bonds. The monoisotopic (exact) mass is 395 g/mol. The number of hydrogen-bond acceptors (Lipinski definition) is 5. The van der Waals surface area contributed by atoms with E-state index in [4.69, 9.17) is 0 Å². The summed E-state index contributed by atoms with van der Waals surface area (Å²) < 4.78 is 0.445. The number of nitrogens with one attached hydrogen (secondary N) is 1. The van der Waals surface area contributed by atoms with Crippen molar-refractivity contribution in [3.05, 3.63) is 32.3 Å². The molecule has 0 radical (unpaired) electrons. The minimum absolute atomic E-state index is 0.0115. The summed E-state index contributed by atoms with van der Waals surface area (Å²) in [6.45, 7) is 2.15. The van der Waals surface area contributed by atoms with Crippen LogP contribution in [0.3, 0.4) is 0 Å². The zero-order valence-corrected chi connectivity index (χ0v) is 14.7. The molecule has 2 N–H and O–H groups in total. The van der Waals surface area contributed by atoms with Crippen molar-refractivity contribution in [2.24, 2.45) is 22.4 Å². The van der Waals surface area contributed by atoms with Gasteiger partial charge in [0.15, 0.2) is 0 Å². The third-order valence-corrected chi connectivity index (χ3v) is 5.73. The van der Waals surface area contributed by atoms with Crippen molar-refractivity contribution >= 4 is 33.7 Å². The zero-order valence-electron chi connectivity index (χ0n) is 13.2. The molecule has 2 fully saturated rings. The number of hydrogen-bond donors (Lipinski definition) is 2. The molecule has 0 saturated heterocycles. The minimum atomic E-state index is -0.675. The molecule has 0 heterocycles. The van der Waals surface area contributed by atoms with Gasteiger partial charge in [-0.25, -0.2) is 5.43 Å². The summed E-state index contributed by atoms with van der Waals surface area (Å²) in [6, 6.07) is 2.71. The molecule has 0 aromatic heterocycles. The van der Waals surface area contributed by atoms with Gasteiger partial charge in [0.25, 0.3) is 0 Å². The maximum Gasteiger partial charge on any atom is 0.312 e. The zero-order chi connectivity index (χ0) is 17.5. The maximum atomic E-state index is 12.3. The average molecular weight is 396 g/mol. The van der Waals surface area contributed by atoms with Crippen molar-refractivity contribution in [3.63, 3.8) is 0 Å². The van der Waals surface area contributed by atoms with Crippen LogP contribution in [0.1, 0.15) is 38.2 Å². The first kappa shape index (κ1) is 16.9. The van der Waals surface area contributed by atoms with Crippen molar-refractivity contribution in [3.8, 4) is 5.75 Å². The largest absolute Gasteiger partial charge is 0.502 e. The van der Waals surface area contributed by atoms with Crippen LogP contribution < -0.4 is 5.43 Å². The number of nitrogens with zero attached hydrogens (tertiary/aromatic N) is 2. The molecule has 3 atom stereocenters. The number of carbonyl (C=O) groups excluding carboxylic acids is 1. The van der Waals surface area contributed by atoms with E-state index in [9.17, 15) is 20.0 Å². The van der Waals surface area contributed by atoms with Crippen LogP contribution in [0, 0.1) is 27.4 Å². The average Bonchev–Trinajstić information content (AvgIpc) is 3.15. The number of benzene rings is 1. The molecule has 2 aliphatic rings. The molecule has 0 unspecified atom stereocenters. The van der Waals surface area contributed by atoms with Crippen LogP contribution in [0.25, 0.3) is 0 Å². The fourth-order valence-electron chi connectivity index (χ4n) is 3.93. The van der Waals surface area contributed by atoms with Gasteiger partial charge in [0.1, 0.15) is 0 Å². The van der Waals surface area contributed by atoms with Crippen LogP contribution in [0.4, 0.5) is 5.69 Å². The molecule has 0 aliphatic heterocycles. The predicted octanol–water partition coefficient (Wildman–Crippen LogP) is 3.34. The fourth-order valence-corrected chi connectivity index (χ4v) is 4.39. The molecule has 24 heavy (non-hydrogen) atoms. The molecule has 1 aromatic rings. The first-order valence-corrected chi connectivity index (χ1v) is 8.63. The van der Waals surface area contributed by atoms with Gasteiger partial charge in [-0.2, -0.15) is 5.10 Å². The third kappa shape index (κ3) is 2.90. The van der Waals surface area contributed by atoms with Crippen LogP contribution in [0.5, 0.6) is 5.75 Å². The van der Waals surface area contributed by atoms with Gasteiger partial charge < -0.3 is 5.11 Å². The van der Waals surface area contributed by atoms with E-state index in [-0.39, 0.29) is 22.8 Å². The number of phenols is 1. The van der Waals surface area contributed by atoms with Crippen LogP contribution in [0.2, 0.25) is 0 Å². The number of halogens is 1. The Balaban J connectivity index is 1.69. The number of nitro benzene ring substituents is 1. The van der Waals surface area contributed by atoms with E-state index in [0.717, 1.165) is 19.3 Å². The highest BCUT2D eigenvalue weighted by Gasteiger charge is 2.64. The van der Waals surface area contributed by atoms with Crippen LogP contribution >= 0.6 is 15.9 Å². The van der Waals surface area contributed by atoms with Crippen molar-refractivity contribution in [1.82, 2.24) is 5.43 Å². The summed E-state index contributed by atoms with van der Waals surface area (Å²) in [6.07, 6.45) is 5.70. The first-order valence-electron chi connectivity index (χ1n) is 7.84. The Morgan fingerprint density at radius 1 is 1.54 bits per heavy atom. The second kappa shape index (κ2) is 6.16. The van der Waals surface area contributed by atoms with Crippen LogP contribution in [-0.2, 0) is 4.79 Å². The Bertz CT molecular complexity index is 736. The maximum absolute atomic E-state index is 12.3. The Morgan fingerprint density at radius 2 is 2.29 bits per heavy atom. The fraction of sp³-hybridized carbons (Fsp3) is 0.500. The second-order valence-electron chi connectivity index (χ2n) is 6.69. The van der Waals surface area contributed by atoms with E-state index in [1.165, 1.54) is 24.8 Å². The normalized spacial score (nSPS) is 28.4. The third-order valence-electron chi connectivity index (χ3n) is 5.27. The molecular formula is C16H18BrN3O4. The molecule has 2 aliphatic carbocycles. The molecule has 7 nitrogen and oxygen atoms in total. The Hall–Kier alpha value is -1.96. The smallest absolute Gasteiger partial charge is 0.312 e. The topological polar surface area (TPSA) is 105 Å². The summed E-state index contributed by atoms with van der Waals surface area (Å²) in [5, 5.41) is 24.7. The summed E-state index contributed by atoms with van der Waals surface area (Å²) in [7, 11) is 0. The van der Waals surface area contributed by atoms with Crippen molar-refractivity contribution in [1.29, 1.82) is 0 Å². The molecular weight excluding hydrogens is 378 g/mol. The number of aromatic hydroxyl groups is 1. The van der Waals surface area contributed by atoms with E-state index in [1.807, 2.05) is 0 Å². The Kier molecular flexibility index (Phi) is 4.33. The Labute approximate surface area is 147 Å². The van der Waals surface area contributed by atoms with E-state index in [2.05, 4.69) is 33.4 Å². The number of rotatable bonds is 4. The first-order chi connectivity index (χ1) is 11.3. The lowest BCUT2D eigenvalue weighted by Gasteiger charge is -2.15. The summed E-state index contributed by atoms with van der Waals surface area (Å²) in [5.41, 5.74) is 2.34. The van der Waals surface area contributed by atoms with Crippen LogP contribution in [0.15, 0.2) is 21.7 Å². The van der Waals surface area contributed by atoms with E-state index < -0.39 is 16.4 Å². The molecule has 0 bridgehead atoms. The van der Waals surface area contributed by atoms with Crippen molar-refractivity contribution < 1.29 is 14.8 Å². The lowest BCUT2D eigenvalue weighted by molar-refractivity contribution is -0.385. The lowest BCUT2D eigenvalue weighted by Crippen LogP contribution is -2.22. The summed E-state index contributed by atoms with van der Waals surface area (Å²) >= 11 is 3.15. The summed E-state index contributed by atoms with van der Waals surface area (Å²) in [5.74, 6) is -0.178. The minimum Gasteiger partial charge on any atom is -0.502 e. The van der Waals surface area contributed by atoms with Crippen molar-refractivity contribution in [2.45, 2.75) is 32.6 Å². The number of phenolic OH excluding ortho intramolecular Hbond substituents is 1. The van der Waals surface area contributed by atoms with Gasteiger partial charge in [-0.05, 0) is 30.2 Å². The molecule has 8 heteroatoms. The molecule has 2 saturated carbocycles. The van der Waals surface area contributed by atoms with E-state index >= 15 is 0 Å². The highest BCUT2D eigenvalue weighted by molar-refractivity contribution is 9.10. The quantitative estimate of drug-likeness (QED) is 0.463. The summed E-state index contributed by atoms with van der Waals surface area (Å²) in [4.78, 5) is 22.5. The van der Waals surface area contributed by atoms with Gasteiger partial charge in [0, 0.05) is 22.0 Å². The lowest BCUT2D eigenvalue weighted by atomic mass is 9.90. The van der Waals surface area contributed by atoms with Crippen molar-refractivity contribution in [2.75, 3.05) is 0 Å². The van der Waals surface area contributed by atoms with Gasteiger partial charge in [-0.1, -0.05) is 35.7 Å². The molecule has 1 aromatic carbocycles. The number of carbonyl (C=O) groups is 1. The standard InChI is InChI=1S/C16H18BrN3O4/c1-16-5-3-2-4-11(16)13(16)15(22)19-18-8-9-6-10(17)7-12(14(9)21)20(23)24/h6-8,11,13,21H,2-5H2,1H3,(H,19,22)/b18-8-/t11-,13+,16+/m1/s1. The van der Waals surface area contributed by atoms with Gasteiger partial charge in [0.2, 0.25) is 11.7 Å². The van der Waals surface area contributed by atoms with Gasteiger partial charge in [-0.15, -0.1) is 0 Å². The highest BCUT2D eigenvalue weighted by Crippen LogP contribution is 2.66. The number of hydrazone groups is 1. The Morgan fingerprint density at radius 3 is 2.92 bits per heavy atom. The molecule has 0 spiro atoms. The van der Waals surface area contributed by atoms with Gasteiger partial charge >= 0.3 is 5.69 Å².